The molecule has 0 aliphatic rings. The second kappa shape index (κ2) is 11.2. The first-order valence-electron chi connectivity index (χ1n) is 9.82. The predicted molar refractivity (Wildman–Crippen MR) is 127 cm³/mol. The molecule has 0 unspecified atom stereocenters. The van der Waals surface area contributed by atoms with Gasteiger partial charge in [0.1, 0.15) is 18.2 Å². The lowest BCUT2D eigenvalue weighted by Crippen LogP contribution is -2.13. The van der Waals surface area contributed by atoms with Crippen molar-refractivity contribution in [1.29, 1.82) is 5.26 Å². The Kier molecular flexibility index (Phi) is 8.15. The SMILES string of the molecule is CCOc1cc(/C=C(\C#N)C(=O)Nc2cccc(Cl)c2Cl)ccc1OCc1ccccc1. The van der Waals surface area contributed by atoms with Crippen LogP contribution in [0.1, 0.15) is 18.1 Å². The van der Waals surface area contributed by atoms with Crippen molar-refractivity contribution in [3.8, 4) is 17.6 Å². The lowest BCUT2D eigenvalue weighted by molar-refractivity contribution is -0.112. The number of hydrogen-bond donors (Lipinski definition) is 1. The van der Waals surface area contributed by atoms with Crippen molar-refractivity contribution in [1.82, 2.24) is 0 Å². The van der Waals surface area contributed by atoms with E-state index in [1.807, 2.05) is 43.3 Å². The molecule has 0 heterocycles. The molecular formula is C25H20Cl2N2O3. The van der Waals surface area contributed by atoms with Crippen molar-refractivity contribution >= 4 is 40.9 Å². The van der Waals surface area contributed by atoms with E-state index < -0.39 is 5.91 Å². The topological polar surface area (TPSA) is 71.3 Å². The number of halogens is 2. The Morgan fingerprint density at radius 3 is 2.53 bits per heavy atom. The Morgan fingerprint density at radius 1 is 1.03 bits per heavy atom. The van der Waals surface area contributed by atoms with Gasteiger partial charge in [-0.15, -0.1) is 0 Å². The van der Waals surface area contributed by atoms with Gasteiger partial charge in [0, 0.05) is 0 Å². The molecule has 32 heavy (non-hydrogen) atoms. The maximum atomic E-state index is 12.6. The van der Waals surface area contributed by atoms with Crippen LogP contribution >= 0.6 is 23.2 Å². The van der Waals surface area contributed by atoms with Gasteiger partial charge in [-0.3, -0.25) is 4.79 Å². The van der Waals surface area contributed by atoms with Crippen molar-refractivity contribution in [2.24, 2.45) is 0 Å². The number of carbonyl (C=O) groups is 1. The molecule has 0 spiro atoms. The summed E-state index contributed by atoms with van der Waals surface area (Å²) >= 11 is 12.1. The monoisotopic (exact) mass is 466 g/mol. The van der Waals surface area contributed by atoms with Crippen molar-refractivity contribution < 1.29 is 14.3 Å². The molecule has 0 radical (unpaired) electrons. The van der Waals surface area contributed by atoms with Crippen LogP contribution in [0.3, 0.4) is 0 Å². The summed E-state index contributed by atoms with van der Waals surface area (Å²) in [6, 6.07) is 21.8. The number of nitriles is 1. The molecule has 3 aromatic carbocycles. The third-order valence-corrected chi connectivity index (χ3v) is 5.20. The third-order valence-electron chi connectivity index (χ3n) is 4.38. The van der Waals surface area contributed by atoms with E-state index in [-0.39, 0.29) is 10.6 Å². The van der Waals surface area contributed by atoms with Crippen LogP contribution in [0.4, 0.5) is 5.69 Å². The van der Waals surface area contributed by atoms with Gasteiger partial charge in [0.05, 0.1) is 22.3 Å². The predicted octanol–water partition coefficient (Wildman–Crippen LogP) is 6.52. The fraction of sp³-hybridized carbons (Fsp3) is 0.120. The molecule has 0 aromatic heterocycles. The standard InChI is InChI=1S/C25H20Cl2N2O3/c1-2-31-23-14-18(11-12-22(23)32-16-17-7-4-3-5-8-17)13-19(15-28)25(30)29-21-10-6-9-20(26)24(21)27/h3-14H,2,16H2,1H3,(H,29,30)/b19-13+. The lowest BCUT2D eigenvalue weighted by Gasteiger charge is -2.13. The molecule has 0 fully saturated rings. The van der Waals surface area contributed by atoms with E-state index >= 15 is 0 Å². The highest BCUT2D eigenvalue weighted by Gasteiger charge is 2.14. The minimum absolute atomic E-state index is 0.0959. The van der Waals surface area contributed by atoms with Gasteiger partial charge in [0.15, 0.2) is 11.5 Å². The Hall–Kier alpha value is -3.46. The molecule has 5 nitrogen and oxygen atoms in total. The van der Waals surface area contributed by atoms with Crippen LogP contribution in [0.2, 0.25) is 10.0 Å². The molecule has 3 aromatic rings. The molecule has 162 valence electrons. The molecule has 0 saturated heterocycles. The summed E-state index contributed by atoms with van der Waals surface area (Å²) in [5.41, 5.74) is 1.87. The number of amides is 1. The summed E-state index contributed by atoms with van der Waals surface area (Å²) in [5.74, 6) is 0.494. The van der Waals surface area contributed by atoms with Crippen molar-refractivity contribution in [3.63, 3.8) is 0 Å². The zero-order valence-electron chi connectivity index (χ0n) is 17.3. The van der Waals surface area contributed by atoms with Gasteiger partial charge >= 0.3 is 0 Å². The molecule has 1 amide bonds. The first-order chi connectivity index (χ1) is 15.5. The Morgan fingerprint density at radius 2 is 1.81 bits per heavy atom. The van der Waals surface area contributed by atoms with E-state index in [1.54, 1.807) is 36.4 Å². The quantitative estimate of drug-likeness (QED) is 0.303. The molecule has 0 bridgehead atoms. The van der Waals surface area contributed by atoms with Gasteiger partial charge in [-0.25, -0.2) is 0 Å². The maximum absolute atomic E-state index is 12.6. The highest BCUT2D eigenvalue weighted by Crippen LogP contribution is 2.31. The largest absolute Gasteiger partial charge is 0.490 e. The molecule has 0 aliphatic heterocycles. The number of anilines is 1. The summed E-state index contributed by atoms with van der Waals surface area (Å²) in [5, 5.41) is 12.6. The summed E-state index contributed by atoms with van der Waals surface area (Å²) in [6.45, 7) is 2.70. The van der Waals surface area contributed by atoms with Gasteiger partial charge in [-0.2, -0.15) is 5.26 Å². The average Bonchev–Trinajstić information content (AvgIpc) is 2.80. The second-order valence-electron chi connectivity index (χ2n) is 6.64. The van der Waals surface area contributed by atoms with Crippen LogP contribution in [0.25, 0.3) is 6.08 Å². The summed E-state index contributed by atoms with van der Waals surface area (Å²) in [6.07, 6.45) is 1.47. The minimum atomic E-state index is -0.598. The summed E-state index contributed by atoms with van der Waals surface area (Å²) in [7, 11) is 0. The van der Waals surface area contributed by atoms with Crippen LogP contribution in [-0.2, 0) is 11.4 Å². The normalized spacial score (nSPS) is 10.9. The first kappa shape index (κ1) is 23.2. The fourth-order valence-corrected chi connectivity index (χ4v) is 3.19. The molecule has 0 saturated carbocycles. The van der Waals surface area contributed by atoms with Gasteiger partial charge < -0.3 is 14.8 Å². The first-order valence-corrected chi connectivity index (χ1v) is 10.6. The number of benzene rings is 3. The second-order valence-corrected chi connectivity index (χ2v) is 7.42. The Bertz CT molecular complexity index is 1170. The van der Waals surface area contributed by atoms with Crippen molar-refractivity contribution in [2.45, 2.75) is 13.5 Å². The van der Waals surface area contributed by atoms with Gasteiger partial charge in [-0.05, 0) is 48.4 Å². The highest BCUT2D eigenvalue weighted by molar-refractivity contribution is 6.44. The number of nitrogens with zero attached hydrogens (tertiary/aromatic N) is 1. The zero-order chi connectivity index (χ0) is 22.9. The van der Waals surface area contributed by atoms with Crippen LogP contribution in [0.15, 0.2) is 72.3 Å². The lowest BCUT2D eigenvalue weighted by atomic mass is 10.1. The van der Waals surface area contributed by atoms with Gasteiger partial charge in [0.2, 0.25) is 0 Å². The van der Waals surface area contributed by atoms with E-state index in [0.717, 1.165) is 5.56 Å². The van der Waals surface area contributed by atoms with Crippen LogP contribution in [-0.4, -0.2) is 12.5 Å². The Labute approximate surface area is 196 Å². The molecule has 3 rings (SSSR count). The van der Waals surface area contributed by atoms with E-state index in [4.69, 9.17) is 32.7 Å². The average molecular weight is 467 g/mol. The Balaban J connectivity index is 1.80. The summed E-state index contributed by atoms with van der Waals surface area (Å²) < 4.78 is 11.6. The van der Waals surface area contributed by atoms with Crippen LogP contribution in [0.5, 0.6) is 11.5 Å². The van der Waals surface area contributed by atoms with E-state index in [9.17, 15) is 10.1 Å². The molecule has 0 atom stereocenters. The number of nitrogens with one attached hydrogen (secondary N) is 1. The van der Waals surface area contributed by atoms with Crippen molar-refractivity contribution in [2.75, 3.05) is 11.9 Å². The maximum Gasteiger partial charge on any atom is 0.266 e. The zero-order valence-corrected chi connectivity index (χ0v) is 18.8. The van der Waals surface area contributed by atoms with Crippen LogP contribution in [0, 0.1) is 11.3 Å². The minimum Gasteiger partial charge on any atom is -0.490 e. The molecule has 1 N–H and O–H groups in total. The third kappa shape index (κ3) is 6.04. The van der Waals surface area contributed by atoms with Crippen LogP contribution < -0.4 is 14.8 Å². The molecule has 0 aliphatic carbocycles. The molecule has 7 heteroatoms. The number of ether oxygens (including phenoxy) is 2. The number of hydrogen-bond acceptors (Lipinski definition) is 4. The smallest absolute Gasteiger partial charge is 0.266 e. The van der Waals surface area contributed by atoms with E-state index in [1.165, 1.54) is 6.08 Å². The van der Waals surface area contributed by atoms with E-state index in [2.05, 4.69) is 5.32 Å². The van der Waals surface area contributed by atoms with Gasteiger partial charge in [-0.1, -0.05) is 65.7 Å². The highest BCUT2D eigenvalue weighted by atomic mass is 35.5. The molecular weight excluding hydrogens is 447 g/mol. The van der Waals surface area contributed by atoms with E-state index in [0.29, 0.717) is 41.0 Å². The number of carbonyl (C=O) groups excluding carboxylic acids is 1. The van der Waals surface area contributed by atoms with Crippen molar-refractivity contribution in [3.05, 3.63) is 93.5 Å². The number of rotatable bonds is 8. The fourth-order valence-electron chi connectivity index (χ4n) is 2.84. The van der Waals surface area contributed by atoms with Gasteiger partial charge in [0.25, 0.3) is 5.91 Å². The summed E-state index contributed by atoms with van der Waals surface area (Å²) in [4.78, 5) is 12.6.